The molecule has 4 rings (SSSR count). The van der Waals surface area contributed by atoms with Crippen LogP contribution in [0.15, 0.2) is 47.4 Å². The van der Waals surface area contributed by atoms with E-state index in [1.807, 2.05) is 30.9 Å². The van der Waals surface area contributed by atoms with E-state index in [4.69, 9.17) is 0 Å². The minimum absolute atomic E-state index is 0.0264. The lowest BCUT2D eigenvalue weighted by molar-refractivity contribution is -0.134. The van der Waals surface area contributed by atoms with Crippen LogP contribution in [0.1, 0.15) is 29.5 Å². The van der Waals surface area contributed by atoms with E-state index in [0.29, 0.717) is 36.6 Å². The Balaban J connectivity index is 1.37. The van der Waals surface area contributed by atoms with Crippen molar-refractivity contribution in [2.45, 2.75) is 44.2 Å². The zero-order chi connectivity index (χ0) is 22.9. The van der Waals surface area contributed by atoms with Crippen LogP contribution >= 0.6 is 0 Å². The van der Waals surface area contributed by atoms with Crippen molar-refractivity contribution in [3.8, 4) is 0 Å². The fourth-order valence-electron chi connectivity index (χ4n) is 4.26. The number of nitrogens with zero attached hydrogens (tertiary/aromatic N) is 3. The molecule has 0 bridgehead atoms. The number of hydrogen-bond acceptors (Lipinski definition) is 4. The van der Waals surface area contributed by atoms with Crippen LogP contribution in [-0.4, -0.2) is 67.2 Å². The van der Waals surface area contributed by atoms with Gasteiger partial charge in [0.2, 0.25) is 15.9 Å². The summed E-state index contributed by atoms with van der Waals surface area (Å²) in [6.45, 7) is 5.94. The maximum atomic E-state index is 14.1. The third-order valence-corrected chi connectivity index (χ3v) is 8.30. The van der Waals surface area contributed by atoms with Crippen LogP contribution in [-0.2, 0) is 21.4 Å². The first-order chi connectivity index (χ1) is 15.3. The summed E-state index contributed by atoms with van der Waals surface area (Å²) in [6, 6.07) is 12.1. The third kappa shape index (κ3) is 5.03. The highest BCUT2D eigenvalue weighted by molar-refractivity contribution is 7.89. The van der Waals surface area contributed by atoms with Crippen LogP contribution < -0.4 is 0 Å². The molecule has 0 unspecified atom stereocenters. The Hall–Kier alpha value is -2.29. The summed E-state index contributed by atoms with van der Waals surface area (Å²) in [5.74, 6) is -0.322. The van der Waals surface area contributed by atoms with Crippen LogP contribution in [0.5, 0.6) is 0 Å². The van der Waals surface area contributed by atoms with Gasteiger partial charge in [-0.25, -0.2) is 12.8 Å². The molecule has 1 heterocycles. The molecule has 1 saturated carbocycles. The fraction of sp³-hybridized carbons (Fsp3) is 0.458. The highest BCUT2D eigenvalue weighted by Crippen LogP contribution is 2.29. The van der Waals surface area contributed by atoms with Crippen LogP contribution in [0, 0.1) is 19.7 Å². The second-order valence-corrected chi connectivity index (χ2v) is 10.7. The standard InChI is InChI=1S/C24H30FN3O3S/c1-18-7-10-23(19(2)15-18)32(30,31)27-13-11-26(12-14-27)17-24(29)28(21-8-9-21)16-20-5-3-4-6-22(20)25/h3-7,10,15,21H,8-9,11-14,16-17H2,1-2H3. The van der Waals surface area contributed by atoms with Gasteiger partial charge in [0, 0.05) is 44.3 Å². The van der Waals surface area contributed by atoms with Crippen LogP contribution in [0.2, 0.25) is 0 Å². The number of rotatable bonds is 7. The molecule has 0 radical (unpaired) electrons. The zero-order valence-electron chi connectivity index (χ0n) is 18.6. The van der Waals surface area contributed by atoms with Gasteiger partial charge in [-0.3, -0.25) is 9.69 Å². The predicted octanol–water partition coefficient (Wildman–Crippen LogP) is 2.94. The molecule has 32 heavy (non-hydrogen) atoms. The highest BCUT2D eigenvalue weighted by atomic mass is 32.2. The number of benzene rings is 2. The number of piperazine rings is 1. The van der Waals surface area contributed by atoms with Gasteiger partial charge in [-0.2, -0.15) is 4.31 Å². The summed E-state index contributed by atoms with van der Waals surface area (Å²) in [7, 11) is -3.56. The van der Waals surface area contributed by atoms with Gasteiger partial charge >= 0.3 is 0 Å². The molecule has 1 amide bonds. The Morgan fingerprint density at radius 1 is 1.06 bits per heavy atom. The SMILES string of the molecule is Cc1ccc(S(=O)(=O)N2CCN(CC(=O)N(Cc3ccccc3F)C3CC3)CC2)c(C)c1. The van der Waals surface area contributed by atoms with E-state index in [2.05, 4.69) is 0 Å². The molecular formula is C24H30FN3O3S. The van der Waals surface area contributed by atoms with Crippen molar-refractivity contribution < 1.29 is 17.6 Å². The lowest BCUT2D eigenvalue weighted by Crippen LogP contribution is -2.51. The van der Waals surface area contributed by atoms with E-state index in [9.17, 15) is 17.6 Å². The van der Waals surface area contributed by atoms with Gasteiger partial charge in [0.25, 0.3) is 0 Å². The summed E-state index contributed by atoms with van der Waals surface area (Å²) in [6.07, 6.45) is 1.89. The van der Waals surface area contributed by atoms with Crippen LogP contribution in [0.3, 0.4) is 0 Å². The number of amides is 1. The Morgan fingerprint density at radius 2 is 1.75 bits per heavy atom. The molecule has 2 aromatic carbocycles. The Bertz CT molecular complexity index is 1090. The van der Waals surface area contributed by atoms with Gasteiger partial charge in [0.15, 0.2) is 0 Å². The normalized spacial score (nSPS) is 18.0. The molecule has 1 aliphatic carbocycles. The highest BCUT2D eigenvalue weighted by Gasteiger charge is 2.35. The molecule has 2 aliphatic rings. The third-order valence-electron chi connectivity index (χ3n) is 6.24. The molecule has 0 atom stereocenters. The summed E-state index contributed by atoms with van der Waals surface area (Å²) in [5, 5.41) is 0. The second-order valence-electron chi connectivity index (χ2n) is 8.79. The molecule has 0 aromatic heterocycles. The Morgan fingerprint density at radius 3 is 2.38 bits per heavy atom. The van der Waals surface area contributed by atoms with Crippen molar-refractivity contribution >= 4 is 15.9 Å². The molecule has 2 aromatic rings. The average molecular weight is 460 g/mol. The topological polar surface area (TPSA) is 60.9 Å². The largest absolute Gasteiger partial charge is 0.334 e. The first-order valence-electron chi connectivity index (χ1n) is 11.1. The van der Waals surface area contributed by atoms with E-state index < -0.39 is 10.0 Å². The molecule has 1 aliphatic heterocycles. The lowest BCUT2D eigenvalue weighted by Gasteiger charge is -2.35. The molecule has 0 spiro atoms. The molecule has 0 N–H and O–H groups in total. The number of aryl methyl sites for hydroxylation is 2. The second kappa shape index (κ2) is 9.29. The Labute approximate surface area is 189 Å². The Kier molecular flexibility index (Phi) is 6.65. The van der Waals surface area contributed by atoms with Gasteiger partial charge in [-0.15, -0.1) is 0 Å². The summed E-state index contributed by atoms with van der Waals surface area (Å²) < 4.78 is 41.8. The minimum atomic E-state index is -3.56. The van der Waals surface area contributed by atoms with E-state index in [1.54, 1.807) is 29.2 Å². The van der Waals surface area contributed by atoms with E-state index >= 15 is 0 Å². The first-order valence-corrected chi connectivity index (χ1v) is 12.5. The maximum absolute atomic E-state index is 14.1. The van der Waals surface area contributed by atoms with Crippen LogP contribution in [0.4, 0.5) is 4.39 Å². The zero-order valence-corrected chi connectivity index (χ0v) is 19.4. The monoisotopic (exact) mass is 459 g/mol. The van der Waals surface area contributed by atoms with Crippen molar-refractivity contribution in [2.75, 3.05) is 32.7 Å². The summed E-state index contributed by atoms with van der Waals surface area (Å²) >= 11 is 0. The van der Waals surface area contributed by atoms with Crippen LogP contribution in [0.25, 0.3) is 0 Å². The van der Waals surface area contributed by atoms with Gasteiger partial charge in [0.05, 0.1) is 11.4 Å². The van der Waals surface area contributed by atoms with E-state index in [1.165, 1.54) is 10.4 Å². The predicted molar refractivity (Wildman–Crippen MR) is 121 cm³/mol. The molecule has 6 nitrogen and oxygen atoms in total. The van der Waals surface area contributed by atoms with Gasteiger partial charge < -0.3 is 4.90 Å². The number of carbonyl (C=O) groups is 1. The van der Waals surface area contributed by atoms with E-state index in [-0.39, 0.29) is 30.9 Å². The quantitative estimate of drug-likeness (QED) is 0.639. The number of halogens is 1. The maximum Gasteiger partial charge on any atom is 0.243 e. The van der Waals surface area contributed by atoms with E-state index in [0.717, 1.165) is 24.0 Å². The smallest absolute Gasteiger partial charge is 0.243 e. The number of hydrogen-bond donors (Lipinski definition) is 0. The van der Waals surface area contributed by atoms with Crippen molar-refractivity contribution in [1.29, 1.82) is 0 Å². The summed E-state index contributed by atoms with van der Waals surface area (Å²) in [4.78, 5) is 17.1. The van der Waals surface area contributed by atoms with Crippen molar-refractivity contribution in [3.63, 3.8) is 0 Å². The van der Waals surface area contributed by atoms with Gasteiger partial charge in [-0.1, -0.05) is 35.9 Å². The molecule has 1 saturated heterocycles. The molecule has 2 fully saturated rings. The van der Waals surface area contributed by atoms with Gasteiger partial charge in [-0.05, 0) is 44.4 Å². The molecule has 8 heteroatoms. The average Bonchev–Trinajstić information content (AvgIpc) is 3.58. The summed E-state index contributed by atoms with van der Waals surface area (Å²) in [5.41, 5.74) is 2.30. The fourth-order valence-corrected chi connectivity index (χ4v) is 5.88. The van der Waals surface area contributed by atoms with Gasteiger partial charge in [0.1, 0.15) is 5.82 Å². The first kappa shape index (κ1) is 22.9. The lowest BCUT2D eigenvalue weighted by atomic mass is 10.2. The molecule has 172 valence electrons. The molecular weight excluding hydrogens is 429 g/mol. The number of sulfonamides is 1. The minimum Gasteiger partial charge on any atom is -0.334 e. The van der Waals surface area contributed by atoms with Crippen molar-refractivity contribution in [2.24, 2.45) is 0 Å². The van der Waals surface area contributed by atoms with Crippen molar-refractivity contribution in [1.82, 2.24) is 14.1 Å². The van der Waals surface area contributed by atoms with Crippen molar-refractivity contribution in [3.05, 3.63) is 65.0 Å². The number of carbonyl (C=O) groups excluding carboxylic acids is 1.